The van der Waals surface area contributed by atoms with Crippen LogP contribution in [0.4, 0.5) is 8.78 Å². The Morgan fingerprint density at radius 2 is 1.94 bits per heavy atom. The van der Waals surface area contributed by atoms with Crippen LogP contribution < -0.4 is 5.32 Å². The first kappa shape index (κ1) is 13.1. The molecular weight excluding hydrogens is 236 g/mol. The Labute approximate surface area is 105 Å². The van der Waals surface area contributed by atoms with E-state index in [1.807, 2.05) is 6.92 Å². The van der Waals surface area contributed by atoms with Crippen molar-refractivity contribution in [2.45, 2.75) is 26.2 Å². The summed E-state index contributed by atoms with van der Waals surface area (Å²) in [6, 6.07) is 3.65. The second-order valence-corrected chi connectivity index (χ2v) is 5.16. The van der Waals surface area contributed by atoms with E-state index in [9.17, 15) is 13.6 Å². The lowest BCUT2D eigenvalue weighted by Gasteiger charge is -2.32. The van der Waals surface area contributed by atoms with Gasteiger partial charge in [0.15, 0.2) is 11.6 Å². The summed E-state index contributed by atoms with van der Waals surface area (Å²) in [5, 5.41) is 3.21. The molecule has 1 aliphatic rings. The Morgan fingerprint density at radius 1 is 1.28 bits per heavy atom. The molecule has 0 aliphatic carbocycles. The molecule has 0 amide bonds. The molecule has 2 rings (SSSR count). The number of ketones is 1. The van der Waals surface area contributed by atoms with Gasteiger partial charge in [-0.15, -0.1) is 0 Å². The standard InChI is InChI=1S/C14H17F2NO/c1-14(4-6-17-7-5-14)13(18)9-10-2-3-11(15)12(16)8-10/h2-3,8,17H,4-7,9H2,1H3. The minimum atomic E-state index is -0.893. The topological polar surface area (TPSA) is 29.1 Å². The lowest BCUT2D eigenvalue weighted by atomic mass is 9.75. The molecule has 0 saturated carbocycles. The molecule has 1 saturated heterocycles. The molecule has 4 heteroatoms. The van der Waals surface area contributed by atoms with Gasteiger partial charge in [-0.2, -0.15) is 0 Å². The molecule has 18 heavy (non-hydrogen) atoms. The van der Waals surface area contributed by atoms with Gasteiger partial charge in [0.25, 0.3) is 0 Å². The summed E-state index contributed by atoms with van der Waals surface area (Å²) in [7, 11) is 0. The van der Waals surface area contributed by atoms with Crippen molar-refractivity contribution in [3.63, 3.8) is 0 Å². The molecule has 1 N–H and O–H groups in total. The van der Waals surface area contributed by atoms with Crippen LogP contribution in [0.2, 0.25) is 0 Å². The third kappa shape index (κ3) is 2.75. The smallest absolute Gasteiger partial charge is 0.159 e. The van der Waals surface area contributed by atoms with Gasteiger partial charge in [0.1, 0.15) is 5.78 Å². The van der Waals surface area contributed by atoms with Crippen molar-refractivity contribution in [3.05, 3.63) is 35.4 Å². The van der Waals surface area contributed by atoms with E-state index >= 15 is 0 Å². The number of carbonyl (C=O) groups excluding carboxylic acids is 1. The summed E-state index contributed by atoms with van der Waals surface area (Å²) in [6.07, 6.45) is 1.78. The molecule has 2 nitrogen and oxygen atoms in total. The molecular formula is C14H17F2NO. The minimum absolute atomic E-state index is 0.106. The van der Waals surface area contributed by atoms with Crippen LogP contribution >= 0.6 is 0 Å². The van der Waals surface area contributed by atoms with Crippen molar-refractivity contribution in [2.75, 3.05) is 13.1 Å². The normalized spacial score (nSPS) is 18.6. The van der Waals surface area contributed by atoms with E-state index in [2.05, 4.69) is 5.32 Å². The molecule has 98 valence electrons. The van der Waals surface area contributed by atoms with Crippen LogP contribution in [-0.4, -0.2) is 18.9 Å². The SMILES string of the molecule is CC1(C(=O)Cc2ccc(F)c(F)c2)CCNCC1. The highest BCUT2D eigenvalue weighted by Gasteiger charge is 2.33. The number of halogens is 2. The molecule has 0 aromatic heterocycles. The number of Topliss-reactive ketones (excluding diaryl/α,β-unsaturated/α-hetero) is 1. The lowest BCUT2D eigenvalue weighted by molar-refractivity contribution is -0.128. The number of piperidine rings is 1. The van der Waals surface area contributed by atoms with Gasteiger partial charge in [0.2, 0.25) is 0 Å². The molecule has 0 spiro atoms. The molecule has 0 radical (unpaired) electrons. The predicted molar refractivity (Wildman–Crippen MR) is 65.3 cm³/mol. The average molecular weight is 253 g/mol. The molecule has 1 aromatic carbocycles. The second-order valence-electron chi connectivity index (χ2n) is 5.16. The number of carbonyl (C=O) groups is 1. The fraction of sp³-hybridized carbons (Fsp3) is 0.500. The highest BCUT2D eigenvalue weighted by atomic mass is 19.2. The van der Waals surface area contributed by atoms with E-state index in [0.717, 1.165) is 38.1 Å². The maximum Gasteiger partial charge on any atom is 0.159 e. The Balaban J connectivity index is 2.08. The van der Waals surface area contributed by atoms with Gasteiger partial charge in [-0.1, -0.05) is 13.0 Å². The monoisotopic (exact) mass is 253 g/mol. The van der Waals surface area contributed by atoms with Crippen molar-refractivity contribution in [3.8, 4) is 0 Å². The Morgan fingerprint density at radius 3 is 2.56 bits per heavy atom. The molecule has 1 fully saturated rings. The minimum Gasteiger partial charge on any atom is -0.317 e. The van der Waals surface area contributed by atoms with Gasteiger partial charge in [-0.3, -0.25) is 4.79 Å². The molecule has 1 heterocycles. The van der Waals surface area contributed by atoms with E-state index in [1.165, 1.54) is 6.07 Å². The van der Waals surface area contributed by atoms with Crippen molar-refractivity contribution in [2.24, 2.45) is 5.41 Å². The number of nitrogens with one attached hydrogen (secondary N) is 1. The summed E-state index contributed by atoms with van der Waals surface area (Å²) in [6.45, 7) is 3.62. The number of hydrogen-bond acceptors (Lipinski definition) is 2. The Hall–Kier alpha value is -1.29. The van der Waals surface area contributed by atoms with E-state index in [0.29, 0.717) is 5.56 Å². The maximum atomic E-state index is 13.1. The Bertz CT molecular complexity index is 453. The number of hydrogen-bond donors (Lipinski definition) is 1. The van der Waals surface area contributed by atoms with Crippen LogP contribution in [0.15, 0.2) is 18.2 Å². The first-order valence-corrected chi connectivity index (χ1v) is 6.19. The largest absolute Gasteiger partial charge is 0.317 e. The fourth-order valence-electron chi connectivity index (χ4n) is 2.31. The summed E-state index contributed by atoms with van der Waals surface area (Å²) in [5.74, 6) is -1.66. The van der Waals surface area contributed by atoms with Crippen LogP contribution in [0.3, 0.4) is 0 Å². The highest BCUT2D eigenvalue weighted by molar-refractivity contribution is 5.86. The van der Waals surface area contributed by atoms with Crippen LogP contribution in [0.5, 0.6) is 0 Å². The highest BCUT2D eigenvalue weighted by Crippen LogP contribution is 2.30. The maximum absolute atomic E-state index is 13.1. The van der Waals surface area contributed by atoms with Gasteiger partial charge >= 0.3 is 0 Å². The van der Waals surface area contributed by atoms with Crippen molar-refractivity contribution in [1.82, 2.24) is 5.32 Å². The summed E-state index contributed by atoms with van der Waals surface area (Å²) < 4.78 is 25.9. The van der Waals surface area contributed by atoms with Crippen LogP contribution in [0.25, 0.3) is 0 Å². The van der Waals surface area contributed by atoms with E-state index in [4.69, 9.17) is 0 Å². The molecule has 0 unspecified atom stereocenters. The van der Waals surface area contributed by atoms with Crippen molar-refractivity contribution < 1.29 is 13.6 Å². The second kappa shape index (κ2) is 5.14. The van der Waals surface area contributed by atoms with Crippen molar-refractivity contribution >= 4 is 5.78 Å². The molecule has 0 atom stereocenters. The van der Waals surface area contributed by atoms with Gasteiger partial charge in [0, 0.05) is 11.8 Å². The van der Waals surface area contributed by atoms with Crippen molar-refractivity contribution in [1.29, 1.82) is 0 Å². The van der Waals surface area contributed by atoms with Crippen LogP contribution in [0, 0.1) is 17.0 Å². The van der Waals surface area contributed by atoms with Crippen LogP contribution in [-0.2, 0) is 11.2 Å². The van der Waals surface area contributed by atoms with E-state index in [1.54, 1.807) is 0 Å². The van der Waals surface area contributed by atoms with Crippen LogP contribution in [0.1, 0.15) is 25.3 Å². The first-order valence-electron chi connectivity index (χ1n) is 6.19. The van der Waals surface area contributed by atoms with Gasteiger partial charge < -0.3 is 5.32 Å². The summed E-state index contributed by atoms with van der Waals surface area (Å²) in [4.78, 5) is 12.2. The average Bonchev–Trinajstić information content (AvgIpc) is 2.35. The van der Waals surface area contributed by atoms with Gasteiger partial charge in [0.05, 0.1) is 0 Å². The third-order valence-corrected chi connectivity index (χ3v) is 3.73. The van der Waals surface area contributed by atoms with Gasteiger partial charge in [-0.25, -0.2) is 8.78 Å². The van der Waals surface area contributed by atoms with E-state index < -0.39 is 11.6 Å². The third-order valence-electron chi connectivity index (χ3n) is 3.73. The Kier molecular flexibility index (Phi) is 3.76. The quantitative estimate of drug-likeness (QED) is 0.896. The molecule has 0 bridgehead atoms. The summed E-state index contributed by atoms with van der Waals surface area (Å²) in [5.41, 5.74) is 0.203. The number of benzene rings is 1. The summed E-state index contributed by atoms with van der Waals surface area (Å²) >= 11 is 0. The zero-order chi connectivity index (χ0) is 13.2. The van der Waals surface area contributed by atoms with E-state index in [-0.39, 0.29) is 17.6 Å². The lowest BCUT2D eigenvalue weighted by Crippen LogP contribution is -2.40. The molecule has 1 aromatic rings. The molecule has 1 aliphatic heterocycles. The first-order chi connectivity index (χ1) is 8.51. The van der Waals surface area contributed by atoms with Gasteiger partial charge in [-0.05, 0) is 43.6 Å². The zero-order valence-electron chi connectivity index (χ0n) is 10.4. The zero-order valence-corrected chi connectivity index (χ0v) is 10.4. The number of rotatable bonds is 3. The predicted octanol–water partition coefficient (Wildman–Crippen LogP) is 2.47. The fourth-order valence-corrected chi connectivity index (χ4v) is 2.31.